The molecule has 0 saturated heterocycles. The average Bonchev–Trinajstić information content (AvgIpc) is 3.44. The first-order valence-corrected chi connectivity index (χ1v) is 10.6. The van der Waals surface area contributed by atoms with E-state index >= 15 is 0 Å². The zero-order chi connectivity index (χ0) is 22.4. The highest BCUT2D eigenvalue weighted by molar-refractivity contribution is 6.50. The summed E-state index contributed by atoms with van der Waals surface area (Å²) in [6, 6.07) is 13.8. The lowest BCUT2D eigenvalue weighted by molar-refractivity contribution is -0.122. The van der Waals surface area contributed by atoms with E-state index in [1.54, 1.807) is 6.20 Å². The van der Waals surface area contributed by atoms with Crippen LogP contribution >= 0.6 is 0 Å². The molecule has 1 aliphatic rings. The first-order chi connectivity index (χ1) is 15.5. The van der Waals surface area contributed by atoms with E-state index in [2.05, 4.69) is 16.4 Å². The third-order valence-corrected chi connectivity index (χ3v) is 6.00. The monoisotopic (exact) mass is 428 g/mol. The Kier molecular flexibility index (Phi) is 4.83. The van der Waals surface area contributed by atoms with Gasteiger partial charge in [0, 0.05) is 72.7 Å². The highest BCUT2D eigenvalue weighted by atomic mass is 16.3. The maximum Gasteiger partial charge on any atom is 0.259 e. The van der Waals surface area contributed by atoms with Crippen molar-refractivity contribution in [2.45, 2.75) is 13.0 Å². The minimum Gasteiger partial charge on any atom is -0.396 e. The van der Waals surface area contributed by atoms with Gasteiger partial charge in [0.1, 0.15) is 0 Å². The molecule has 0 radical (unpaired) electrons. The van der Waals surface area contributed by atoms with Crippen molar-refractivity contribution in [2.24, 2.45) is 0 Å². The molecule has 4 aromatic rings. The van der Waals surface area contributed by atoms with Crippen molar-refractivity contribution in [3.05, 3.63) is 66.0 Å². The summed E-state index contributed by atoms with van der Waals surface area (Å²) < 4.78 is 2.05. The lowest BCUT2D eigenvalue weighted by Gasteiger charge is -2.13. The minimum atomic E-state index is -0.395. The Morgan fingerprint density at radius 1 is 0.969 bits per heavy atom. The van der Waals surface area contributed by atoms with Crippen LogP contribution in [-0.4, -0.2) is 47.2 Å². The van der Waals surface area contributed by atoms with Crippen LogP contribution in [0.5, 0.6) is 0 Å². The topological polar surface area (TPSA) is 90.4 Å². The Labute approximate surface area is 184 Å². The molecule has 3 N–H and O–H groups in total. The summed E-state index contributed by atoms with van der Waals surface area (Å²) >= 11 is 0. The summed E-state index contributed by atoms with van der Waals surface area (Å²) in [4.78, 5) is 31.1. The number of anilines is 1. The molecule has 2 aromatic heterocycles. The Morgan fingerprint density at radius 2 is 1.72 bits per heavy atom. The summed E-state index contributed by atoms with van der Waals surface area (Å²) in [5, 5.41) is 13.6. The highest BCUT2D eigenvalue weighted by Gasteiger charge is 2.35. The number of H-pyrrole nitrogens is 1. The lowest BCUT2D eigenvalue weighted by Crippen LogP contribution is -2.22. The van der Waals surface area contributed by atoms with Crippen molar-refractivity contribution in [1.29, 1.82) is 0 Å². The van der Waals surface area contributed by atoms with Crippen molar-refractivity contribution in [3.63, 3.8) is 0 Å². The predicted molar refractivity (Wildman–Crippen MR) is 126 cm³/mol. The number of amides is 2. The summed E-state index contributed by atoms with van der Waals surface area (Å²) in [7, 11) is 3.95. The van der Waals surface area contributed by atoms with E-state index in [0.29, 0.717) is 35.2 Å². The van der Waals surface area contributed by atoms with E-state index in [1.165, 1.54) is 0 Å². The van der Waals surface area contributed by atoms with Gasteiger partial charge in [-0.1, -0.05) is 24.3 Å². The third kappa shape index (κ3) is 3.09. The van der Waals surface area contributed by atoms with Crippen molar-refractivity contribution in [3.8, 4) is 0 Å². The third-order valence-electron chi connectivity index (χ3n) is 6.00. The molecule has 0 atom stereocenters. The van der Waals surface area contributed by atoms with Gasteiger partial charge in [-0.05, 0) is 24.6 Å². The number of nitrogens with one attached hydrogen (secondary N) is 2. The number of rotatable bonds is 6. The number of imide groups is 1. The average molecular weight is 428 g/mol. The van der Waals surface area contributed by atoms with Crippen LogP contribution in [-0.2, 0) is 16.1 Å². The molecule has 1 aliphatic heterocycles. The second-order valence-corrected chi connectivity index (χ2v) is 8.19. The maximum atomic E-state index is 13.0. The molecule has 2 aromatic carbocycles. The number of para-hydroxylation sites is 1. The number of aliphatic hydroxyl groups excluding tert-OH is 1. The lowest BCUT2D eigenvalue weighted by atomic mass is 9.95. The van der Waals surface area contributed by atoms with Gasteiger partial charge in [0.2, 0.25) is 0 Å². The molecule has 0 bridgehead atoms. The van der Waals surface area contributed by atoms with E-state index in [1.807, 2.05) is 66.2 Å². The van der Waals surface area contributed by atoms with Gasteiger partial charge >= 0.3 is 0 Å². The number of aromatic amines is 1. The Hall–Kier alpha value is -3.84. The molecule has 3 heterocycles. The van der Waals surface area contributed by atoms with Crippen LogP contribution in [0, 0.1) is 0 Å². The fourth-order valence-electron chi connectivity index (χ4n) is 4.43. The number of aryl methyl sites for hydroxylation is 1. The molecule has 2 amide bonds. The molecular formula is C25H24N4O3. The minimum absolute atomic E-state index is 0.0740. The van der Waals surface area contributed by atoms with Gasteiger partial charge in [-0.25, -0.2) is 0 Å². The van der Waals surface area contributed by atoms with E-state index in [9.17, 15) is 14.7 Å². The van der Waals surface area contributed by atoms with Gasteiger partial charge in [0.05, 0.1) is 16.7 Å². The van der Waals surface area contributed by atoms with E-state index < -0.39 is 11.8 Å². The first kappa shape index (κ1) is 20.1. The quantitative estimate of drug-likeness (QED) is 0.412. The molecule has 7 heteroatoms. The molecule has 0 fully saturated rings. The van der Waals surface area contributed by atoms with Crippen molar-refractivity contribution < 1.29 is 14.7 Å². The Bertz CT molecular complexity index is 1410. The van der Waals surface area contributed by atoms with Crippen LogP contribution < -0.4 is 10.2 Å². The van der Waals surface area contributed by atoms with Crippen molar-refractivity contribution >= 4 is 50.5 Å². The number of benzene rings is 2. The molecule has 0 unspecified atom stereocenters. The molecule has 0 saturated carbocycles. The van der Waals surface area contributed by atoms with Crippen LogP contribution in [0.15, 0.2) is 54.9 Å². The number of carbonyl (C=O) groups excluding carboxylic acids is 2. The molecule has 0 aliphatic carbocycles. The van der Waals surface area contributed by atoms with Crippen LogP contribution in [0.4, 0.5) is 5.69 Å². The molecule has 0 spiro atoms. The van der Waals surface area contributed by atoms with E-state index in [0.717, 1.165) is 27.5 Å². The smallest absolute Gasteiger partial charge is 0.259 e. The molecule has 7 nitrogen and oxygen atoms in total. The highest BCUT2D eigenvalue weighted by Crippen LogP contribution is 2.39. The van der Waals surface area contributed by atoms with Gasteiger partial charge in [0.25, 0.3) is 11.8 Å². The van der Waals surface area contributed by atoms with Crippen LogP contribution in [0.3, 0.4) is 0 Å². The van der Waals surface area contributed by atoms with Gasteiger partial charge < -0.3 is 19.6 Å². The number of aromatic nitrogens is 2. The second-order valence-electron chi connectivity index (χ2n) is 8.19. The number of hydrogen-bond acceptors (Lipinski definition) is 4. The summed E-state index contributed by atoms with van der Waals surface area (Å²) in [6.45, 7) is 0.680. The zero-order valence-electron chi connectivity index (χ0n) is 18.0. The number of fused-ring (bicyclic) bond motifs is 2. The fourth-order valence-corrected chi connectivity index (χ4v) is 4.43. The predicted octanol–water partition coefficient (Wildman–Crippen LogP) is 3.14. The van der Waals surface area contributed by atoms with Crippen LogP contribution in [0.1, 0.15) is 17.5 Å². The standard InChI is InChI=1S/C25H24N4O3/c1-28(2)15-8-9-17-19(14-29(10-5-11-30)21(17)12-15)23-22(24(31)27-25(23)32)18-13-26-20-7-4-3-6-16(18)20/h3-4,6-9,12-14,26,30H,5,10-11H2,1-2H3,(H,27,31,32). The number of nitrogens with zero attached hydrogens (tertiary/aromatic N) is 2. The van der Waals surface area contributed by atoms with Gasteiger partial charge in [-0.2, -0.15) is 0 Å². The molecular weight excluding hydrogens is 404 g/mol. The largest absolute Gasteiger partial charge is 0.396 e. The summed E-state index contributed by atoms with van der Waals surface area (Å²) in [5.74, 6) is -0.788. The second kappa shape index (κ2) is 7.69. The number of aliphatic hydroxyl groups is 1. The summed E-state index contributed by atoms with van der Waals surface area (Å²) in [5.41, 5.74) is 5.08. The van der Waals surface area contributed by atoms with E-state index in [-0.39, 0.29) is 6.61 Å². The van der Waals surface area contributed by atoms with Gasteiger partial charge in [0.15, 0.2) is 0 Å². The molecule has 32 heavy (non-hydrogen) atoms. The summed E-state index contributed by atoms with van der Waals surface area (Å²) in [6.07, 6.45) is 4.30. The Morgan fingerprint density at radius 3 is 2.47 bits per heavy atom. The SMILES string of the molecule is CN(C)c1ccc2c(C3=C(c4c[nH]c5ccccc45)C(=O)NC3=O)cn(CCCO)c2c1. The fraction of sp³-hybridized carbons (Fsp3) is 0.200. The van der Waals surface area contributed by atoms with Crippen molar-refractivity contribution in [2.75, 3.05) is 25.6 Å². The van der Waals surface area contributed by atoms with Gasteiger partial charge in [-0.15, -0.1) is 0 Å². The number of carbonyl (C=O) groups is 2. The molecule has 5 rings (SSSR count). The first-order valence-electron chi connectivity index (χ1n) is 10.6. The maximum absolute atomic E-state index is 13.0. The zero-order valence-corrected chi connectivity index (χ0v) is 18.0. The van der Waals surface area contributed by atoms with E-state index in [4.69, 9.17) is 0 Å². The Balaban J connectivity index is 1.78. The molecule has 162 valence electrons. The number of hydrogen-bond donors (Lipinski definition) is 3. The van der Waals surface area contributed by atoms with Crippen LogP contribution in [0.25, 0.3) is 33.0 Å². The van der Waals surface area contributed by atoms with Crippen molar-refractivity contribution in [1.82, 2.24) is 14.9 Å². The normalized spacial score (nSPS) is 14.1. The van der Waals surface area contributed by atoms with Gasteiger partial charge in [-0.3, -0.25) is 14.9 Å². The van der Waals surface area contributed by atoms with Crippen LogP contribution in [0.2, 0.25) is 0 Å².